The zero-order valence-electron chi connectivity index (χ0n) is 7.28. The summed E-state index contributed by atoms with van der Waals surface area (Å²) in [4.78, 5) is 0. The van der Waals surface area contributed by atoms with Crippen LogP contribution < -0.4 is 0 Å². The van der Waals surface area contributed by atoms with E-state index >= 15 is 0 Å². The van der Waals surface area contributed by atoms with Crippen molar-refractivity contribution in [2.75, 3.05) is 0 Å². The number of phenolic OH excluding ortho intramolecular Hbond substituents is 2. The van der Waals surface area contributed by atoms with E-state index in [1.807, 2.05) is 19.1 Å². The fraction of sp³-hybridized carbons (Fsp3) is 0.0909. The van der Waals surface area contributed by atoms with E-state index in [2.05, 4.69) is 0 Å². The Morgan fingerprint density at radius 1 is 0.923 bits per heavy atom. The molecule has 13 heavy (non-hydrogen) atoms. The van der Waals surface area contributed by atoms with Gasteiger partial charge in [0, 0.05) is 0 Å². The van der Waals surface area contributed by atoms with Crippen molar-refractivity contribution in [3.8, 4) is 11.5 Å². The van der Waals surface area contributed by atoms with Gasteiger partial charge in [0.1, 0.15) is 11.5 Å². The highest BCUT2D eigenvalue weighted by Gasteiger charge is 2.05. The first-order valence-electron chi connectivity index (χ1n) is 4.10. The Balaban J connectivity index is 3.00. The number of phenols is 2. The van der Waals surface area contributed by atoms with Gasteiger partial charge in [0.05, 0.1) is 5.39 Å². The number of hydrogen-bond acceptors (Lipinski definition) is 2. The van der Waals surface area contributed by atoms with Crippen molar-refractivity contribution in [3.05, 3.63) is 35.9 Å². The zero-order valence-corrected chi connectivity index (χ0v) is 7.28. The highest BCUT2D eigenvalue weighted by atomic mass is 16.3. The Bertz CT molecular complexity index is 453. The first-order valence-corrected chi connectivity index (χ1v) is 4.10. The highest BCUT2D eigenvalue weighted by Crippen LogP contribution is 2.33. The average molecular weight is 174 g/mol. The molecule has 2 nitrogen and oxygen atoms in total. The van der Waals surface area contributed by atoms with Crippen molar-refractivity contribution in [2.45, 2.75) is 6.92 Å². The van der Waals surface area contributed by atoms with Gasteiger partial charge in [0.2, 0.25) is 0 Å². The van der Waals surface area contributed by atoms with Crippen molar-refractivity contribution < 1.29 is 10.2 Å². The lowest BCUT2D eigenvalue weighted by atomic mass is 10.0. The minimum absolute atomic E-state index is 0.124. The van der Waals surface area contributed by atoms with Crippen LogP contribution in [0.1, 0.15) is 5.56 Å². The first-order chi connectivity index (χ1) is 6.20. The molecule has 0 aliphatic rings. The number of aryl methyl sites for hydroxylation is 1. The van der Waals surface area contributed by atoms with E-state index in [1.165, 1.54) is 0 Å². The predicted octanol–water partition coefficient (Wildman–Crippen LogP) is 2.56. The van der Waals surface area contributed by atoms with E-state index in [-0.39, 0.29) is 11.5 Å². The van der Waals surface area contributed by atoms with Crippen LogP contribution in [-0.4, -0.2) is 10.2 Å². The van der Waals surface area contributed by atoms with Gasteiger partial charge in [0.15, 0.2) is 0 Å². The molecule has 0 aliphatic heterocycles. The second-order valence-corrected chi connectivity index (χ2v) is 3.10. The average Bonchev–Trinajstić information content (AvgIpc) is 2.12. The van der Waals surface area contributed by atoms with Gasteiger partial charge >= 0.3 is 0 Å². The molecule has 0 atom stereocenters. The molecule has 0 unspecified atom stereocenters. The lowest BCUT2D eigenvalue weighted by Crippen LogP contribution is -1.79. The van der Waals surface area contributed by atoms with Crippen LogP contribution >= 0.6 is 0 Å². The van der Waals surface area contributed by atoms with Crippen LogP contribution in [0.2, 0.25) is 0 Å². The molecular formula is C11H10O2. The van der Waals surface area contributed by atoms with Gasteiger partial charge in [-0.05, 0) is 30.0 Å². The third-order valence-electron chi connectivity index (χ3n) is 2.21. The third kappa shape index (κ3) is 1.11. The van der Waals surface area contributed by atoms with E-state index in [1.54, 1.807) is 18.2 Å². The summed E-state index contributed by atoms with van der Waals surface area (Å²) in [6, 6.07) is 8.64. The summed E-state index contributed by atoms with van der Waals surface area (Å²) in [7, 11) is 0. The van der Waals surface area contributed by atoms with E-state index < -0.39 is 0 Å². The Morgan fingerprint density at radius 3 is 2.31 bits per heavy atom. The largest absolute Gasteiger partial charge is 0.507 e. The van der Waals surface area contributed by atoms with Crippen LogP contribution in [-0.2, 0) is 0 Å². The maximum absolute atomic E-state index is 9.52. The predicted molar refractivity (Wildman–Crippen MR) is 52.0 cm³/mol. The quantitative estimate of drug-likeness (QED) is 0.644. The van der Waals surface area contributed by atoms with Crippen LogP contribution in [0.25, 0.3) is 10.8 Å². The van der Waals surface area contributed by atoms with Crippen LogP contribution in [0.5, 0.6) is 11.5 Å². The van der Waals surface area contributed by atoms with Gasteiger partial charge in [-0.25, -0.2) is 0 Å². The topological polar surface area (TPSA) is 40.5 Å². The Hall–Kier alpha value is -1.70. The summed E-state index contributed by atoms with van der Waals surface area (Å²) in [6.45, 7) is 1.95. The van der Waals surface area contributed by atoms with Crippen molar-refractivity contribution in [1.82, 2.24) is 0 Å². The highest BCUT2D eigenvalue weighted by molar-refractivity contribution is 5.95. The van der Waals surface area contributed by atoms with E-state index in [4.69, 9.17) is 0 Å². The van der Waals surface area contributed by atoms with Gasteiger partial charge < -0.3 is 10.2 Å². The van der Waals surface area contributed by atoms with Gasteiger partial charge in [0.25, 0.3) is 0 Å². The molecule has 2 heteroatoms. The molecule has 2 rings (SSSR count). The van der Waals surface area contributed by atoms with E-state index in [0.29, 0.717) is 5.39 Å². The van der Waals surface area contributed by atoms with Crippen molar-refractivity contribution >= 4 is 10.8 Å². The second kappa shape index (κ2) is 2.66. The lowest BCUT2D eigenvalue weighted by Gasteiger charge is -2.05. The minimum Gasteiger partial charge on any atom is -0.507 e. The van der Waals surface area contributed by atoms with Crippen LogP contribution in [0.4, 0.5) is 0 Å². The molecule has 0 heterocycles. The molecule has 0 fully saturated rings. The summed E-state index contributed by atoms with van der Waals surface area (Å²) in [5.74, 6) is 0.248. The van der Waals surface area contributed by atoms with Crippen molar-refractivity contribution in [3.63, 3.8) is 0 Å². The SMILES string of the molecule is Cc1ccc(O)c2c(O)cccc12. The normalized spacial score (nSPS) is 10.5. The summed E-state index contributed by atoms with van der Waals surface area (Å²) in [6.07, 6.45) is 0. The number of benzene rings is 2. The fourth-order valence-corrected chi connectivity index (χ4v) is 1.51. The molecule has 2 aromatic rings. The Kier molecular flexibility index (Phi) is 1.62. The first kappa shape index (κ1) is 7.92. The molecule has 0 aromatic heterocycles. The van der Waals surface area contributed by atoms with E-state index in [0.717, 1.165) is 10.9 Å². The Labute approximate surface area is 76.1 Å². The summed E-state index contributed by atoms with van der Waals surface area (Å²) in [5.41, 5.74) is 1.05. The maximum atomic E-state index is 9.52. The van der Waals surface area contributed by atoms with Gasteiger partial charge in [-0.3, -0.25) is 0 Å². The van der Waals surface area contributed by atoms with Gasteiger partial charge in [-0.1, -0.05) is 18.2 Å². The molecule has 0 saturated heterocycles. The van der Waals surface area contributed by atoms with Gasteiger partial charge in [-0.2, -0.15) is 0 Å². The molecule has 0 amide bonds. The van der Waals surface area contributed by atoms with Crippen molar-refractivity contribution in [2.24, 2.45) is 0 Å². The number of hydrogen-bond donors (Lipinski definition) is 2. The maximum Gasteiger partial charge on any atom is 0.127 e. The van der Waals surface area contributed by atoms with Crippen LogP contribution in [0.3, 0.4) is 0 Å². The molecule has 2 N–H and O–H groups in total. The molecule has 0 spiro atoms. The summed E-state index contributed by atoms with van der Waals surface area (Å²) in [5, 5.41) is 20.5. The summed E-state index contributed by atoms with van der Waals surface area (Å²) >= 11 is 0. The second-order valence-electron chi connectivity index (χ2n) is 3.10. The third-order valence-corrected chi connectivity index (χ3v) is 2.21. The number of fused-ring (bicyclic) bond motifs is 1. The molecule has 0 bridgehead atoms. The summed E-state index contributed by atoms with van der Waals surface area (Å²) < 4.78 is 0. The molecule has 0 saturated carbocycles. The van der Waals surface area contributed by atoms with Crippen LogP contribution in [0.15, 0.2) is 30.3 Å². The number of aromatic hydroxyl groups is 2. The standard InChI is InChI=1S/C11H10O2/c1-7-5-6-10(13)11-8(7)3-2-4-9(11)12/h2-6,12-13H,1H3. The molecular weight excluding hydrogens is 164 g/mol. The van der Waals surface area contributed by atoms with E-state index in [9.17, 15) is 10.2 Å². The minimum atomic E-state index is 0.124. The van der Waals surface area contributed by atoms with Gasteiger partial charge in [-0.15, -0.1) is 0 Å². The number of rotatable bonds is 0. The fourth-order valence-electron chi connectivity index (χ4n) is 1.51. The van der Waals surface area contributed by atoms with Crippen LogP contribution in [0, 0.1) is 6.92 Å². The zero-order chi connectivity index (χ0) is 9.42. The molecule has 0 radical (unpaired) electrons. The van der Waals surface area contributed by atoms with Crippen molar-refractivity contribution in [1.29, 1.82) is 0 Å². The molecule has 2 aromatic carbocycles. The molecule has 66 valence electrons. The Morgan fingerprint density at radius 2 is 1.62 bits per heavy atom. The smallest absolute Gasteiger partial charge is 0.127 e. The lowest BCUT2D eigenvalue weighted by molar-refractivity contribution is 0.464. The monoisotopic (exact) mass is 174 g/mol. The molecule has 0 aliphatic carbocycles.